The van der Waals surface area contributed by atoms with Gasteiger partial charge in [-0.05, 0) is 13.3 Å². The van der Waals surface area contributed by atoms with Crippen LogP contribution in [-0.2, 0) is 4.84 Å². The molecule has 62 valence electrons. The standard InChI is InChI=1S/C7H15NO.ClH/c1-5-6-7(2)9-8(3)4;/h5,7H,1,6H2,2-4H3;1H. The molecule has 0 spiro atoms. The highest BCUT2D eigenvalue weighted by atomic mass is 35.5. The van der Waals surface area contributed by atoms with E-state index in [9.17, 15) is 0 Å². The minimum absolute atomic E-state index is 0. The monoisotopic (exact) mass is 165 g/mol. The molecular weight excluding hydrogens is 150 g/mol. The molecule has 0 saturated carbocycles. The van der Waals surface area contributed by atoms with Gasteiger partial charge in [0.15, 0.2) is 0 Å². The Morgan fingerprint density at radius 2 is 2.10 bits per heavy atom. The summed E-state index contributed by atoms with van der Waals surface area (Å²) >= 11 is 0. The van der Waals surface area contributed by atoms with Crippen LogP contribution in [0, 0.1) is 0 Å². The summed E-state index contributed by atoms with van der Waals surface area (Å²) in [5.74, 6) is 0. The predicted molar refractivity (Wildman–Crippen MR) is 46.3 cm³/mol. The van der Waals surface area contributed by atoms with Gasteiger partial charge in [0.2, 0.25) is 0 Å². The first-order chi connectivity index (χ1) is 4.16. The highest BCUT2D eigenvalue weighted by Gasteiger charge is 1.98. The summed E-state index contributed by atoms with van der Waals surface area (Å²) in [7, 11) is 3.75. The average molecular weight is 166 g/mol. The Bertz CT molecular complexity index is 85.7. The molecule has 0 aromatic rings. The number of halogens is 1. The van der Waals surface area contributed by atoms with Crippen molar-refractivity contribution in [1.82, 2.24) is 5.06 Å². The smallest absolute Gasteiger partial charge is 0.0799 e. The summed E-state index contributed by atoms with van der Waals surface area (Å²) < 4.78 is 0. The van der Waals surface area contributed by atoms with E-state index < -0.39 is 0 Å². The Kier molecular flexibility index (Phi) is 8.91. The third-order valence-electron chi connectivity index (χ3n) is 0.889. The molecule has 2 nitrogen and oxygen atoms in total. The van der Waals surface area contributed by atoms with Crippen molar-refractivity contribution in [2.45, 2.75) is 19.4 Å². The second-order valence-corrected chi connectivity index (χ2v) is 2.25. The molecule has 0 aromatic heterocycles. The van der Waals surface area contributed by atoms with Gasteiger partial charge in [0.05, 0.1) is 6.10 Å². The lowest BCUT2D eigenvalue weighted by Crippen LogP contribution is -2.19. The second kappa shape index (κ2) is 7.06. The zero-order chi connectivity index (χ0) is 7.28. The molecule has 0 heterocycles. The molecule has 0 rings (SSSR count). The summed E-state index contributed by atoms with van der Waals surface area (Å²) in [4.78, 5) is 5.25. The summed E-state index contributed by atoms with van der Waals surface area (Å²) in [5.41, 5.74) is 0. The van der Waals surface area contributed by atoms with Crippen LogP contribution >= 0.6 is 12.4 Å². The third-order valence-corrected chi connectivity index (χ3v) is 0.889. The van der Waals surface area contributed by atoms with Crippen LogP contribution in [0.1, 0.15) is 13.3 Å². The minimum Gasteiger partial charge on any atom is -0.296 e. The van der Waals surface area contributed by atoms with Crippen molar-refractivity contribution in [2.24, 2.45) is 0 Å². The maximum absolute atomic E-state index is 5.25. The van der Waals surface area contributed by atoms with Crippen molar-refractivity contribution >= 4 is 12.4 Å². The molecule has 0 amide bonds. The normalized spacial score (nSPS) is 12.4. The van der Waals surface area contributed by atoms with Gasteiger partial charge in [0.1, 0.15) is 0 Å². The van der Waals surface area contributed by atoms with Crippen LogP contribution in [0.15, 0.2) is 12.7 Å². The Hall–Kier alpha value is -0.0500. The lowest BCUT2D eigenvalue weighted by Gasteiger charge is -2.15. The predicted octanol–water partition coefficient (Wildman–Crippen LogP) is 1.87. The van der Waals surface area contributed by atoms with Crippen molar-refractivity contribution in [1.29, 1.82) is 0 Å². The summed E-state index contributed by atoms with van der Waals surface area (Å²) in [6.45, 7) is 5.62. The van der Waals surface area contributed by atoms with E-state index in [4.69, 9.17) is 4.84 Å². The third kappa shape index (κ3) is 7.95. The molecule has 0 N–H and O–H groups in total. The zero-order valence-electron chi connectivity index (χ0n) is 6.83. The molecule has 0 saturated heterocycles. The van der Waals surface area contributed by atoms with Crippen LogP contribution in [-0.4, -0.2) is 25.3 Å². The van der Waals surface area contributed by atoms with Crippen LogP contribution in [0.5, 0.6) is 0 Å². The first-order valence-electron chi connectivity index (χ1n) is 3.11. The minimum atomic E-state index is 0. The van der Waals surface area contributed by atoms with E-state index in [0.717, 1.165) is 6.42 Å². The molecule has 0 radical (unpaired) electrons. The number of hydrogen-bond acceptors (Lipinski definition) is 2. The maximum Gasteiger partial charge on any atom is 0.0799 e. The summed E-state index contributed by atoms with van der Waals surface area (Å²) in [6, 6.07) is 0. The van der Waals surface area contributed by atoms with E-state index >= 15 is 0 Å². The van der Waals surface area contributed by atoms with E-state index in [-0.39, 0.29) is 18.5 Å². The first kappa shape index (κ1) is 12.6. The van der Waals surface area contributed by atoms with Gasteiger partial charge in [-0.2, -0.15) is 5.06 Å². The number of rotatable bonds is 4. The van der Waals surface area contributed by atoms with Crippen molar-refractivity contribution in [3.05, 3.63) is 12.7 Å². The van der Waals surface area contributed by atoms with Crippen molar-refractivity contribution in [2.75, 3.05) is 14.1 Å². The SMILES string of the molecule is C=CCC(C)ON(C)C.Cl. The van der Waals surface area contributed by atoms with Crippen molar-refractivity contribution in [3.8, 4) is 0 Å². The van der Waals surface area contributed by atoms with Gasteiger partial charge in [-0.1, -0.05) is 6.08 Å². The van der Waals surface area contributed by atoms with Crippen LogP contribution in [0.3, 0.4) is 0 Å². The van der Waals surface area contributed by atoms with Gasteiger partial charge < -0.3 is 0 Å². The Balaban J connectivity index is 0. The van der Waals surface area contributed by atoms with Gasteiger partial charge in [0.25, 0.3) is 0 Å². The molecule has 0 aliphatic carbocycles. The van der Waals surface area contributed by atoms with E-state index in [1.807, 2.05) is 27.1 Å². The summed E-state index contributed by atoms with van der Waals surface area (Å²) in [6.07, 6.45) is 3.00. The quantitative estimate of drug-likeness (QED) is 0.466. The fourth-order valence-corrected chi connectivity index (χ4v) is 0.638. The maximum atomic E-state index is 5.25. The lowest BCUT2D eigenvalue weighted by atomic mass is 10.3. The van der Waals surface area contributed by atoms with Gasteiger partial charge in [-0.25, -0.2) is 0 Å². The molecular formula is C7H16ClNO. The highest BCUT2D eigenvalue weighted by molar-refractivity contribution is 5.85. The molecule has 1 unspecified atom stereocenters. The molecule has 0 bridgehead atoms. The highest BCUT2D eigenvalue weighted by Crippen LogP contribution is 1.97. The Morgan fingerprint density at radius 1 is 1.60 bits per heavy atom. The van der Waals surface area contributed by atoms with E-state index in [2.05, 4.69) is 6.58 Å². The molecule has 10 heavy (non-hydrogen) atoms. The van der Waals surface area contributed by atoms with Crippen LogP contribution in [0.25, 0.3) is 0 Å². The molecule has 0 aromatic carbocycles. The molecule has 0 aliphatic heterocycles. The van der Waals surface area contributed by atoms with E-state index in [0.29, 0.717) is 0 Å². The van der Waals surface area contributed by atoms with Crippen molar-refractivity contribution in [3.63, 3.8) is 0 Å². The Morgan fingerprint density at radius 3 is 2.40 bits per heavy atom. The summed E-state index contributed by atoms with van der Waals surface area (Å²) in [5, 5.41) is 1.70. The van der Waals surface area contributed by atoms with Gasteiger partial charge >= 0.3 is 0 Å². The first-order valence-corrected chi connectivity index (χ1v) is 3.11. The number of hydrogen-bond donors (Lipinski definition) is 0. The molecule has 3 heteroatoms. The number of nitrogens with zero attached hydrogens (tertiary/aromatic N) is 1. The number of hydroxylamine groups is 2. The molecule has 1 atom stereocenters. The topological polar surface area (TPSA) is 12.5 Å². The second-order valence-electron chi connectivity index (χ2n) is 2.25. The van der Waals surface area contributed by atoms with Gasteiger partial charge in [-0.3, -0.25) is 4.84 Å². The van der Waals surface area contributed by atoms with Gasteiger partial charge in [0, 0.05) is 14.1 Å². The van der Waals surface area contributed by atoms with E-state index in [1.54, 1.807) is 5.06 Å². The average Bonchev–Trinajstić information content (AvgIpc) is 1.63. The van der Waals surface area contributed by atoms with Gasteiger partial charge in [-0.15, -0.1) is 19.0 Å². The lowest BCUT2D eigenvalue weighted by molar-refractivity contribution is -0.156. The van der Waals surface area contributed by atoms with Crippen LogP contribution < -0.4 is 0 Å². The molecule has 0 fully saturated rings. The fraction of sp³-hybridized carbons (Fsp3) is 0.714. The largest absolute Gasteiger partial charge is 0.296 e. The molecule has 0 aliphatic rings. The fourth-order valence-electron chi connectivity index (χ4n) is 0.638. The van der Waals surface area contributed by atoms with E-state index in [1.165, 1.54) is 0 Å². The van der Waals surface area contributed by atoms with Crippen LogP contribution in [0.4, 0.5) is 0 Å². The Labute approximate surface area is 69.2 Å². The van der Waals surface area contributed by atoms with Crippen molar-refractivity contribution < 1.29 is 4.84 Å². The zero-order valence-corrected chi connectivity index (χ0v) is 7.65. The van der Waals surface area contributed by atoms with Crippen LogP contribution in [0.2, 0.25) is 0 Å².